The Morgan fingerprint density at radius 2 is 2.14 bits per heavy atom. The van der Waals surface area contributed by atoms with E-state index in [2.05, 4.69) is 0 Å². The Bertz CT molecular complexity index is 74.1. The number of hydrogen-bond acceptors (Lipinski definition) is 1. The van der Waals surface area contributed by atoms with Gasteiger partial charge in [0.25, 0.3) is 0 Å². The second kappa shape index (κ2) is 3.73. The molecule has 2 nitrogen and oxygen atoms in total. The molecular weight excluding hydrogens is 158 g/mol. The highest BCUT2D eigenvalue weighted by Gasteiger charge is 2.00. The second-order valence-corrected chi connectivity index (χ2v) is 3.46. The van der Waals surface area contributed by atoms with Gasteiger partial charge in [-0.2, -0.15) is 0 Å². The fraction of sp³-hybridized carbons (Fsp3) is 1.00. The molecule has 0 saturated carbocycles. The molecule has 0 amide bonds. The van der Waals surface area contributed by atoms with Crippen molar-refractivity contribution in [3.05, 3.63) is 0 Å². The molecule has 0 radical (unpaired) electrons. The SMILES string of the molecule is O=[PH](O)CC(Cl)Cl. The van der Waals surface area contributed by atoms with E-state index in [0.29, 0.717) is 0 Å². The van der Waals surface area contributed by atoms with Crippen molar-refractivity contribution >= 4 is 31.2 Å². The summed E-state index contributed by atoms with van der Waals surface area (Å²) < 4.78 is 9.83. The van der Waals surface area contributed by atoms with Crippen LogP contribution in [-0.4, -0.2) is 15.9 Å². The Hall–Kier alpha value is 0.770. The maximum absolute atomic E-state index is 9.83. The molecule has 0 aromatic rings. The van der Waals surface area contributed by atoms with Crippen LogP contribution in [0, 0.1) is 0 Å². The zero-order chi connectivity index (χ0) is 5.86. The lowest BCUT2D eigenvalue weighted by Crippen LogP contribution is -1.87. The first-order valence-corrected chi connectivity index (χ1v) is 4.06. The number of rotatable bonds is 2. The standard InChI is InChI=1S/C2H5Cl2O2P/c3-2(4)1-7(5)6/h2,7H,1H2,(H,5,6). The van der Waals surface area contributed by atoms with Gasteiger partial charge in [0, 0.05) is 0 Å². The Morgan fingerprint density at radius 1 is 1.71 bits per heavy atom. The predicted octanol–water partition coefficient (Wildman–Crippen LogP) is 1.26. The van der Waals surface area contributed by atoms with Crippen LogP contribution in [0.15, 0.2) is 0 Å². The molecule has 7 heavy (non-hydrogen) atoms. The van der Waals surface area contributed by atoms with Gasteiger partial charge >= 0.3 is 0 Å². The van der Waals surface area contributed by atoms with E-state index in [1.807, 2.05) is 0 Å². The molecule has 0 saturated heterocycles. The lowest BCUT2D eigenvalue weighted by Gasteiger charge is -1.91. The average Bonchev–Trinajstić information content (AvgIpc) is 1.27. The van der Waals surface area contributed by atoms with Gasteiger partial charge in [-0.1, -0.05) is 0 Å². The Balaban J connectivity index is 3.13. The molecule has 0 rings (SSSR count). The highest BCUT2D eigenvalue weighted by Crippen LogP contribution is 2.19. The third-order valence-electron chi connectivity index (χ3n) is 0.329. The fourth-order valence-corrected chi connectivity index (χ4v) is 1.19. The molecular formula is C2H5Cl2O2P. The van der Waals surface area contributed by atoms with Crippen LogP contribution in [-0.2, 0) is 4.57 Å². The first kappa shape index (κ1) is 7.77. The second-order valence-electron chi connectivity index (χ2n) is 0.989. The van der Waals surface area contributed by atoms with Crippen LogP contribution in [0.2, 0.25) is 0 Å². The Labute approximate surface area is 52.3 Å². The van der Waals surface area contributed by atoms with Gasteiger partial charge in [0.2, 0.25) is 0 Å². The van der Waals surface area contributed by atoms with Crippen molar-refractivity contribution in [1.29, 1.82) is 0 Å². The first-order chi connectivity index (χ1) is 3.13. The molecule has 0 aromatic carbocycles. The van der Waals surface area contributed by atoms with Crippen LogP contribution in [0.4, 0.5) is 0 Å². The third kappa shape index (κ3) is 6.77. The maximum Gasteiger partial charge on any atom is 0.191 e. The molecule has 1 N–H and O–H groups in total. The van der Waals surface area contributed by atoms with Crippen LogP contribution in [0.25, 0.3) is 0 Å². The van der Waals surface area contributed by atoms with Crippen molar-refractivity contribution < 1.29 is 9.46 Å². The van der Waals surface area contributed by atoms with E-state index >= 15 is 0 Å². The summed E-state index contributed by atoms with van der Waals surface area (Å²) >= 11 is 10.2. The third-order valence-corrected chi connectivity index (χ3v) is 1.91. The fourth-order valence-electron chi connectivity index (χ4n) is 0.132. The minimum absolute atomic E-state index is 0.00617. The highest BCUT2D eigenvalue weighted by molar-refractivity contribution is 7.38. The van der Waals surface area contributed by atoms with E-state index in [1.165, 1.54) is 0 Å². The van der Waals surface area contributed by atoms with Gasteiger partial charge in [-0.05, 0) is 0 Å². The zero-order valence-electron chi connectivity index (χ0n) is 3.40. The van der Waals surface area contributed by atoms with Crippen molar-refractivity contribution in [2.75, 3.05) is 6.16 Å². The quantitative estimate of drug-likeness (QED) is 0.491. The molecule has 0 heterocycles. The number of hydrogen-bond donors (Lipinski definition) is 1. The largest absolute Gasteiger partial charge is 0.346 e. The van der Waals surface area contributed by atoms with E-state index in [4.69, 9.17) is 28.1 Å². The number of halogens is 2. The van der Waals surface area contributed by atoms with E-state index < -0.39 is 12.9 Å². The van der Waals surface area contributed by atoms with Crippen LogP contribution in [0.5, 0.6) is 0 Å². The molecule has 0 bridgehead atoms. The summed E-state index contributed by atoms with van der Waals surface area (Å²) in [7, 11) is -2.45. The van der Waals surface area contributed by atoms with E-state index in [9.17, 15) is 4.57 Å². The molecule has 0 aliphatic carbocycles. The highest BCUT2D eigenvalue weighted by atomic mass is 35.5. The minimum atomic E-state index is -2.45. The summed E-state index contributed by atoms with van der Waals surface area (Å²) in [6.45, 7) is 0. The van der Waals surface area contributed by atoms with Crippen molar-refractivity contribution in [3.8, 4) is 0 Å². The van der Waals surface area contributed by atoms with E-state index in [-0.39, 0.29) is 6.16 Å². The van der Waals surface area contributed by atoms with Gasteiger partial charge < -0.3 is 4.89 Å². The molecule has 0 aliphatic heterocycles. The molecule has 0 aliphatic rings. The summed E-state index contributed by atoms with van der Waals surface area (Å²) in [5.74, 6) is 0. The van der Waals surface area contributed by atoms with Gasteiger partial charge in [-0.15, -0.1) is 23.2 Å². The van der Waals surface area contributed by atoms with E-state index in [1.54, 1.807) is 0 Å². The molecule has 5 heteroatoms. The maximum atomic E-state index is 9.83. The monoisotopic (exact) mass is 162 g/mol. The Morgan fingerprint density at radius 3 is 2.14 bits per heavy atom. The average molecular weight is 163 g/mol. The van der Waals surface area contributed by atoms with Crippen LogP contribution >= 0.6 is 31.2 Å². The van der Waals surface area contributed by atoms with Crippen LogP contribution in [0.3, 0.4) is 0 Å². The van der Waals surface area contributed by atoms with Gasteiger partial charge in [0.1, 0.15) is 4.84 Å². The van der Waals surface area contributed by atoms with Gasteiger partial charge in [-0.25, -0.2) is 0 Å². The number of alkyl halides is 2. The lowest BCUT2D eigenvalue weighted by molar-refractivity contribution is 0.504. The first-order valence-electron chi connectivity index (χ1n) is 1.63. The summed E-state index contributed by atoms with van der Waals surface area (Å²) in [5, 5.41) is 0. The van der Waals surface area contributed by atoms with Crippen LogP contribution < -0.4 is 0 Å². The van der Waals surface area contributed by atoms with Crippen molar-refractivity contribution in [2.45, 2.75) is 4.84 Å². The summed E-state index contributed by atoms with van der Waals surface area (Å²) in [5.41, 5.74) is 0. The van der Waals surface area contributed by atoms with E-state index in [0.717, 1.165) is 0 Å². The summed E-state index contributed by atoms with van der Waals surface area (Å²) in [6.07, 6.45) is -0.00617. The van der Waals surface area contributed by atoms with Crippen LogP contribution in [0.1, 0.15) is 0 Å². The minimum Gasteiger partial charge on any atom is -0.346 e. The van der Waals surface area contributed by atoms with Gasteiger partial charge in [0.15, 0.2) is 8.03 Å². The molecule has 1 atom stereocenters. The summed E-state index contributed by atoms with van der Waals surface area (Å²) in [4.78, 5) is 7.40. The summed E-state index contributed by atoms with van der Waals surface area (Å²) in [6, 6.07) is 0. The van der Waals surface area contributed by atoms with Gasteiger partial charge in [-0.3, -0.25) is 4.57 Å². The molecule has 0 fully saturated rings. The molecule has 0 aromatic heterocycles. The van der Waals surface area contributed by atoms with Crippen molar-refractivity contribution in [2.24, 2.45) is 0 Å². The Kier molecular flexibility index (Phi) is 4.14. The topological polar surface area (TPSA) is 37.3 Å². The van der Waals surface area contributed by atoms with Crippen molar-refractivity contribution in [3.63, 3.8) is 0 Å². The smallest absolute Gasteiger partial charge is 0.191 e. The molecule has 1 unspecified atom stereocenters. The normalized spacial score (nSPS) is 14.9. The zero-order valence-corrected chi connectivity index (χ0v) is 5.91. The predicted molar refractivity (Wildman–Crippen MR) is 31.6 cm³/mol. The molecule has 0 spiro atoms. The van der Waals surface area contributed by atoms with Crippen molar-refractivity contribution in [1.82, 2.24) is 0 Å². The lowest BCUT2D eigenvalue weighted by atomic mass is 10.9. The van der Waals surface area contributed by atoms with Gasteiger partial charge in [0.05, 0.1) is 6.16 Å². The molecule has 44 valence electrons.